The molecule has 2 aliphatic rings. The average Bonchev–Trinajstić information content (AvgIpc) is 3.44. The van der Waals surface area contributed by atoms with Gasteiger partial charge in [-0.2, -0.15) is 0 Å². The molecule has 2 fully saturated rings. The molecular weight excluding hydrogens is 370 g/mol. The van der Waals surface area contributed by atoms with Crippen LogP contribution in [0.15, 0.2) is 42.7 Å². The number of hydrogen-bond donors (Lipinski definition) is 2. The molecule has 1 saturated carbocycles. The van der Waals surface area contributed by atoms with Gasteiger partial charge in [0.2, 0.25) is 5.91 Å². The second-order valence-electron chi connectivity index (χ2n) is 7.85. The fourth-order valence-electron chi connectivity index (χ4n) is 3.80. The van der Waals surface area contributed by atoms with Crippen molar-refractivity contribution >= 4 is 17.8 Å². The van der Waals surface area contributed by atoms with Crippen molar-refractivity contribution in [2.24, 2.45) is 5.92 Å². The van der Waals surface area contributed by atoms with Gasteiger partial charge in [-0.25, -0.2) is 9.78 Å². The van der Waals surface area contributed by atoms with Gasteiger partial charge in [0.25, 0.3) is 5.91 Å². The molecule has 1 aromatic carbocycles. The zero-order valence-corrected chi connectivity index (χ0v) is 16.4. The van der Waals surface area contributed by atoms with Crippen LogP contribution >= 0.6 is 0 Å². The van der Waals surface area contributed by atoms with Gasteiger partial charge in [-0.05, 0) is 31.2 Å². The van der Waals surface area contributed by atoms with E-state index in [0.29, 0.717) is 19.5 Å². The van der Waals surface area contributed by atoms with Crippen LogP contribution in [0.4, 0.5) is 4.79 Å². The molecule has 1 aliphatic heterocycles. The standard InChI is InChI=1S/C21H25N5O3/c1-21(16-7-8-16)19(28)26(20(29)24-21)14-18(27)23-10-9-17-22-11-12-25(17)13-15-5-3-2-4-6-15/h2-6,11-12,16H,7-10,13-14H2,1H3,(H,23,27)(H,24,29). The van der Waals surface area contributed by atoms with Gasteiger partial charge in [0.1, 0.15) is 17.9 Å². The average molecular weight is 395 g/mol. The molecule has 8 heteroatoms. The first-order chi connectivity index (χ1) is 14.0. The number of benzene rings is 1. The summed E-state index contributed by atoms with van der Waals surface area (Å²) >= 11 is 0. The topological polar surface area (TPSA) is 96.3 Å². The minimum absolute atomic E-state index is 0.176. The number of rotatable bonds is 8. The zero-order valence-electron chi connectivity index (χ0n) is 16.4. The predicted molar refractivity (Wildman–Crippen MR) is 106 cm³/mol. The van der Waals surface area contributed by atoms with Gasteiger partial charge in [-0.15, -0.1) is 0 Å². The lowest BCUT2D eigenvalue weighted by Crippen LogP contribution is -2.47. The molecule has 2 aromatic rings. The summed E-state index contributed by atoms with van der Waals surface area (Å²) in [5, 5.41) is 5.54. The van der Waals surface area contributed by atoms with Gasteiger partial charge in [-0.1, -0.05) is 30.3 Å². The largest absolute Gasteiger partial charge is 0.354 e. The molecule has 1 aromatic heterocycles. The van der Waals surface area contributed by atoms with E-state index < -0.39 is 11.6 Å². The van der Waals surface area contributed by atoms with E-state index in [2.05, 4.69) is 27.8 Å². The molecule has 2 N–H and O–H groups in total. The molecule has 2 heterocycles. The molecule has 29 heavy (non-hydrogen) atoms. The fourth-order valence-corrected chi connectivity index (χ4v) is 3.80. The summed E-state index contributed by atoms with van der Waals surface area (Å²) < 4.78 is 2.04. The van der Waals surface area contributed by atoms with Crippen LogP contribution in [0, 0.1) is 5.92 Å². The Labute approximate surface area is 169 Å². The molecule has 152 valence electrons. The van der Waals surface area contributed by atoms with E-state index in [4.69, 9.17) is 0 Å². The maximum Gasteiger partial charge on any atom is 0.325 e. The number of carbonyl (C=O) groups is 3. The Bertz CT molecular complexity index is 921. The molecule has 4 rings (SSSR count). The van der Waals surface area contributed by atoms with E-state index in [1.807, 2.05) is 29.0 Å². The summed E-state index contributed by atoms with van der Waals surface area (Å²) in [4.78, 5) is 42.4. The smallest absolute Gasteiger partial charge is 0.325 e. The number of aromatic nitrogens is 2. The molecule has 4 amide bonds. The van der Waals surface area contributed by atoms with Gasteiger partial charge in [-0.3, -0.25) is 14.5 Å². The van der Waals surface area contributed by atoms with Crippen LogP contribution in [0.5, 0.6) is 0 Å². The number of amides is 4. The molecule has 0 radical (unpaired) electrons. The molecule has 1 aliphatic carbocycles. The van der Waals surface area contributed by atoms with Crippen LogP contribution in [0.2, 0.25) is 0 Å². The number of imidazole rings is 1. The van der Waals surface area contributed by atoms with Crippen molar-refractivity contribution in [3.8, 4) is 0 Å². The van der Waals surface area contributed by atoms with E-state index in [1.54, 1.807) is 13.1 Å². The van der Waals surface area contributed by atoms with Crippen LogP contribution < -0.4 is 10.6 Å². The Morgan fingerprint density at radius 1 is 1.28 bits per heavy atom. The number of nitrogens with one attached hydrogen (secondary N) is 2. The van der Waals surface area contributed by atoms with Crippen LogP contribution in [0.25, 0.3) is 0 Å². The van der Waals surface area contributed by atoms with Crippen molar-refractivity contribution in [2.75, 3.05) is 13.1 Å². The second kappa shape index (κ2) is 7.69. The lowest BCUT2D eigenvalue weighted by molar-refractivity contribution is -0.135. The highest BCUT2D eigenvalue weighted by molar-refractivity contribution is 6.09. The molecule has 1 atom stereocenters. The summed E-state index contributed by atoms with van der Waals surface area (Å²) in [6, 6.07) is 9.59. The summed E-state index contributed by atoms with van der Waals surface area (Å²) in [6.07, 6.45) is 6.07. The highest BCUT2D eigenvalue weighted by Crippen LogP contribution is 2.42. The Morgan fingerprint density at radius 2 is 2.03 bits per heavy atom. The van der Waals surface area contributed by atoms with E-state index >= 15 is 0 Å². The summed E-state index contributed by atoms with van der Waals surface area (Å²) in [5.74, 6) is 0.384. The monoisotopic (exact) mass is 395 g/mol. The molecule has 8 nitrogen and oxygen atoms in total. The number of urea groups is 1. The maximum atomic E-state index is 12.6. The zero-order chi connectivity index (χ0) is 20.4. The minimum atomic E-state index is -0.862. The van der Waals surface area contributed by atoms with Crippen molar-refractivity contribution in [3.63, 3.8) is 0 Å². The van der Waals surface area contributed by atoms with Crippen LogP contribution in [-0.4, -0.2) is 50.9 Å². The van der Waals surface area contributed by atoms with Gasteiger partial charge in [0, 0.05) is 31.9 Å². The first-order valence-corrected chi connectivity index (χ1v) is 9.92. The lowest BCUT2D eigenvalue weighted by atomic mass is 9.96. The fraction of sp³-hybridized carbons (Fsp3) is 0.429. The third-order valence-electron chi connectivity index (χ3n) is 5.66. The third-order valence-corrected chi connectivity index (χ3v) is 5.66. The van der Waals surface area contributed by atoms with Gasteiger partial charge in [0.05, 0.1) is 0 Å². The number of imide groups is 1. The minimum Gasteiger partial charge on any atom is -0.354 e. The second-order valence-corrected chi connectivity index (χ2v) is 7.85. The van der Waals surface area contributed by atoms with Gasteiger partial charge in [0.15, 0.2) is 0 Å². The number of carbonyl (C=O) groups excluding carboxylic acids is 3. The Morgan fingerprint density at radius 3 is 2.76 bits per heavy atom. The molecular formula is C21H25N5O3. The van der Waals surface area contributed by atoms with Crippen molar-refractivity contribution < 1.29 is 14.4 Å². The predicted octanol–water partition coefficient (Wildman–Crippen LogP) is 1.31. The summed E-state index contributed by atoms with van der Waals surface area (Å²) in [6.45, 7) is 2.58. The van der Waals surface area contributed by atoms with Crippen molar-refractivity contribution in [3.05, 3.63) is 54.1 Å². The Hall–Kier alpha value is -3.16. The van der Waals surface area contributed by atoms with Crippen molar-refractivity contribution in [1.29, 1.82) is 0 Å². The highest BCUT2D eigenvalue weighted by atomic mass is 16.2. The van der Waals surface area contributed by atoms with Crippen LogP contribution in [-0.2, 0) is 22.6 Å². The molecule has 1 unspecified atom stereocenters. The van der Waals surface area contributed by atoms with Crippen molar-refractivity contribution in [1.82, 2.24) is 25.1 Å². The normalized spacial score (nSPS) is 21.3. The van der Waals surface area contributed by atoms with E-state index in [9.17, 15) is 14.4 Å². The van der Waals surface area contributed by atoms with Crippen LogP contribution in [0.1, 0.15) is 31.2 Å². The Balaban J connectivity index is 1.27. The quantitative estimate of drug-likeness (QED) is 0.659. The van der Waals surface area contributed by atoms with Crippen molar-refractivity contribution in [2.45, 2.75) is 38.3 Å². The van der Waals surface area contributed by atoms with E-state index in [0.717, 1.165) is 23.6 Å². The highest BCUT2D eigenvalue weighted by Gasteiger charge is 2.56. The molecule has 1 saturated heterocycles. The maximum absolute atomic E-state index is 12.6. The summed E-state index contributed by atoms with van der Waals surface area (Å²) in [7, 11) is 0. The van der Waals surface area contributed by atoms with Gasteiger partial charge < -0.3 is 15.2 Å². The molecule has 0 bridgehead atoms. The van der Waals surface area contributed by atoms with E-state index in [1.165, 1.54) is 5.56 Å². The SMILES string of the molecule is CC1(C2CC2)NC(=O)N(CC(=O)NCCc2nccn2Cc2ccccc2)C1=O. The first kappa shape index (κ1) is 19.2. The number of hydrogen-bond acceptors (Lipinski definition) is 4. The van der Waals surface area contributed by atoms with E-state index in [-0.39, 0.29) is 24.3 Å². The van der Waals surface area contributed by atoms with Crippen LogP contribution in [0.3, 0.4) is 0 Å². The Kier molecular flexibility index (Phi) is 5.08. The first-order valence-electron chi connectivity index (χ1n) is 9.92. The van der Waals surface area contributed by atoms with Gasteiger partial charge >= 0.3 is 6.03 Å². The third kappa shape index (κ3) is 4.01. The molecule has 0 spiro atoms. The lowest BCUT2D eigenvalue weighted by Gasteiger charge is -2.20. The number of nitrogens with zero attached hydrogens (tertiary/aromatic N) is 3. The summed E-state index contributed by atoms with van der Waals surface area (Å²) in [5.41, 5.74) is 0.313.